The summed E-state index contributed by atoms with van der Waals surface area (Å²) in [6, 6.07) is 14.3. The standard InChI is InChI=1S/C21H26N2O3/c1-3-23(4-2)15-9-14-22-20(24)18-13-8-12-17(19(18)21(25)26)16-10-6-5-7-11-16/h5-8,10-13H,3-4,9,14-15H2,1-2H3,(H,22,24)(H,25,26). The Bertz CT molecular complexity index is 740. The molecule has 0 fully saturated rings. The SMILES string of the molecule is CCN(CC)CCCNC(=O)c1cccc(-c2ccccc2)c1C(=O)O. The van der Waals surface area contributed by atoms with E-state index in [1.54, 1.807) is 18.2 Å². The number of hydrogen-bond acceptors (Lipinski definition) is 3. The maximum absolute atomic E-state index is 12.5. The van der Waals surface area contributed by atoms with Crippen LogP contribution in [0.3, 0.4) is 0 Å². The van der Waals surface area contributed by atoms with E-state index in [2.05, 4.69) is 24.1 Å². The first-order valence-corrected chi connectivity index (χ1v) is 9.00. The highest BCUT2D eigenvalue weighted by Crippen LogP contribution is 2.26. The average Bonchev–Trinajstić information content (AvgIpc) is 2.68. The van der Waals surface area contributed by atoms with Crippen LogP contribution in [0.1, 0.15) is 41.0 Å². The van der Waals surface area contributed by atoms with Gasteiger partial charge in [-0.3, -0.25) is 4.79 Å². The molecule has 2 aromatic carbocycles. The lowest BCUT2D eigenvalue weighted by Gasteiger charge is -2.18. The van der Waals surface area contributed by atoms with Gasteiger partial charge < -0.3 is 15.3 Å². The number of nitrogens with one attached hydrogen (secondary N) is 1. The van der Waals surface area contributed by atoms with Crippen LogP contribution in [-0.4, -0.2) is 48.1 Å². The van der Waals surface area contributed by atoms with E-state index in [-0.39, 0.29) is 17.0 Å². The van der Waals surface area contributed by atoms with Crippen LogP contribution in [0.4, 0.5) is 0 Å². The molecule has 0 atom stereocenters. The van der Waals surface area contributed by atoms with E-state index < -0.39 is 5.97 Å². The summed E-state index contributed by atoms with van der Waals surface area (Å²) in [5.41, 5.74) is 1.57. The molecule has 0 saturated carbocycles. The van der Waals surface area contributed by atoms with Crippen molar-refractivity contribution in [2.45, 2.75) is 20.3 Å². The number of carbonyl (C=O) groups is 2. The van der Waals surface area contributed by atoms with E-state index in [0.29, 0.717) is 12.1 Å². The Kier molecular flexibility index (Phi) is 7.36. The number of nitrogens with zero attached hydrogens (tertiary/aromatic N) is 1. The van der Waals surface area contributed by atoms with Gasteiger partial charge in [0.2, 0.25) is 0 Å². The van der Waals surface area contributed by atoms with Gasteiger partial charge in [-0.1, -0.05) is 56.3 Å². The zero-order valence-corrected chi connectivity index (χ0v) is 15.4. The highest BCUT2D eigenvalue weighted by atomic mass is 16.4. The zero-order valence-electron chi connectivity index (χ0n) is 15.4. The highest BCUT2D eigenvalue weighted by Gasteiger charge is 2.20. The van der Waals surface area contributed by atoms with Crippen LogP contribution in [0.25, 0.3) is 11.1 Å². The van der Waals surface area contributed by atoms with E-state index in [1.807, 2.05) is 30.3 Å². The molecule has 26 heavy (non-hydrogen) atoms. The average molecular weight is 354 g/mol. The van der Waals surface area contributed by atoms with E-state index in [0.717, 1.165) is 31.6 Å². The quantitative estimate of drug-likeness (QED) is 0.676. The summed E-state index contributed by atoms with van der Waals surface area (Å²) in [6.07, 6.45) is 0.828. The monoisotopic (exact) mass is 354 g/mol. The van der Waals surface area contributed by atoms with E-state index in [4.69, 9.17) is 0 Å². The molecule has 0 aliphatic rings. The Labute approximate surface area is 154 Å². The molecule has 5 nitrogen and oxygen atoms in total. The second kappa shape index (κ2) is 9.73. The van der Waals surface area contributed by atoms with E-state index in [1.165, 1.54) is 0 Å². The number of carbonyl (C=O) groups excluding carboxylic acids is 1. The minimum absolute atomic E-state index is 0.0416. The lowest BCUT2D eigenvalue weighted by atomic mass is 9.95. The normalized spacial score (nSPS) is 10.7. The minimum atomic E-state index is -1.10. The highest BCUT2D eigenvalue weighted by molar-refractivity contribution is 6.08. The smallest absolute Gasteiger partial charge is 0.337 e. The molecule has 0 heterocycles. The van der Waals surface area contributed by atoms with Crippen LogP contribution in [-0.2, 0) is 0 Å². The van der Waals surface area contributed by atoms with Crippen LogP contribution in [0.2, 0.25) is 0 Å². The van der Waals surface area contributed by atoms with Gasteiger partial charge >= 0.3 is 5.97 Å². The number of hydrogen-bond donors (Lipinski definition) is 2. The van der Waals surface area contributed by atoms with Crippen molar-refractivity contribution in [3.63, 3.8) is 0 Å². The van der Waals surface area contributed by atoms with Gasteiger partial charge in [0.1, 0.15) is 0 Å². The van der Waals surface area contributed by atoms with Gasteiger partial charge in [0.15, 0.2) is 0 Å². The maximum atomic E-state index is 12.5. The molecule has 0 aromatic heterocycles. The summed E-state index contributed by atoms with van der Waals surface area (Å²) in [5.74, 6) is -1.45. The Hall–Kier alpha value is -2.66. The molecule has 0 radical (unpaired) electrons. The molecule has 0 aliphatic heterocycles. The van der Waals surface area contributed by atoms with Gasteiger partial charge in [0.25, 0.3) is 5.91 Å². The predicted octanol–water partition coefficient (Wildman–Crippen LogP) is 3.51. The van der Waals surface area contributed by atoms with Gasteiger partial charge in [-0.15, -0.1) is 0 Å². The first-order chi connectivity index (χ1) is 12.6. The van der Waals surface area contributed by atoms with Crippen molar-refractivity contribution < 1.29 is 14.7 Å². The Morgan fingerprint density at radius 2 is 1.69 bits per heavy atom. The van der Waals surface area contributed by atoms with Crippen molar-refractivity contribution in [2.24, 2.45) is 0 Å². The second-order valence-electron chi connectivity index (χ2n) is 6.04. The Morgan fingerprint density at radius 1 is 1.00 bits per heavy atom. The van der Waals surface area contributed by atoms with Crippen LogP contribution in [0, 0.1) is 0 Å². The van der Waals surface area contributed by atoms with Crippen LogP contribution in [0.15, 0.2) is 48.5 Å². The van der Waals surface area contributed by atoms with Gasteiger partial charge in [0.05, 0.1) is 11.1 Å². The number of carboxylic acid groups (broad SMARTS) is 1. The van der Waals surface area contributed by atoms with Crippen molar-refractivity contribution in [1.29, 1.82) is 0 Å². The summed E-state index contributed by atoms with van der Waals surface area (Å²) in [6.45, 7) is 7.60. The fourth-order valence-corrected chi connectivity index (χ4v) is 2.97. The number of aromatic carboxylic acids is 1. The van der Waals surface area contributed by atoms with E-state index in [9.17, 15) is 14.7 Å². The largest absolute Gasteiger partial charge is 0.478 e. The number of amides is 1. The Balaban J connectivity index is 2.16. The molecule has 138 valence electrons. The molecule has 0 saturated heterocycles. The fourth-order valence-electron chi connectivity index (χ4n) is 2.97. The molecule has 0 aliphatic carbocycles. The number of benzene rings is 2. The summed E-state index contributed by atoms with van der Waals surface area (Å²) >= 11 is 0. The minimum Gasteiger partial charge on any atom is -0.478 e. The molecule has 5 heteroatoms. The van der Waals surface area contributed by atoms with Crippen molar-refractivity contribution >= 4 is 11.9 Å². The van der Waals surface area contributed by atoms with Crippen LogP contribution >= 0.6 is 0 Å². The van der Waals surface area contributed by atoms with Crippen molar-refractivity contribution in [2.75, 3.05) is 26.2 Å². The molecule has 0 spiro atoms. The lowest BCUT2D eigenvalue weighted by molar-refractivity contribution is 0.0692. The predicted molar refractivity (Wildman–Crippen MR) is 104 cm³/mol. The van der Waals surface area contributed by atoms with Gasteiger partial charge in [-0.25, -0.2) is 4.79 Å². The van der Waals surface area contributed by atoms with Crippen molar-refractivity contribution in [3.05, 3.63) is 59.7 Å². The molecule has 2 N–H and O–H groups in total. The fraction of sp³-hybridized carbons (Fsp3) is 0.333. The molecular formula is C21H26N2O3. The van der Waals surface area contributed by atoms with Gasteiger partial charge in [0, 0.05) is 6.54 Å². The molecule has 0 bridgehead atoms. The van der Waals surface area contributed by atoms with E-state index >= 15 is 0 Å². The summed E-state index contributed by atoms with van der Waals surface area (Å²) in [7, 11) is 0. The number of rotatable bonds is 9. The van der Waals surface area contributed by atoms with Crippen LogP contribution < -0.4 is 5.32 Å². The third-order valence-corrected chi connectivity index (χ3v) is 4.44. The molecule has 2 rings (SSSR count). The maximum Gasteiger partial charge on any atom is 0.337 e. The first kappa shape index (κ1) is 19.7. The van der Waals surface area contributed by atoms with Crippen molar-refractivity contribution in [3.8, 4) is 11.1 Å². The van der Waals surface area contributed by atoms with Gasteiger partial charge in [-0.05, 0) is 43.2 Å². The molecule has 2 aromatic rings. The van der Waals surface area contributed by atoms with Crippen molar-refractivity contribution in [1.82, 2.24) is 10.2 Å². The summed E-state index contributed by atoms with van der Waals surface area (Å²) in [5, 5.41) is 12.5. The summed E-state index contributed by atoms with van der Waals surface area (Å²) in [4.78, 5) is 26.7. The second-order valence-corrected chi connectivity index (χ2v) is 6.04. The molecular weight excluding hydrogens is 328 g/mol. The third kappa shape index (κ3) is 4.92. The zero-order chi connectivity index (χ0) is 18.9. The molecule has 0 unspecified atom stereocenters. The van der Waals surface area contributed by atoms with Gasteiger partial charge in [-0.2, -0.15) is 0 Å². The number of carboxylic acids is 1. The third-order valence-electron chi connectivity index (χ3n) is 4.44. The summed E-state index contributed by atoms with van der Waals surface area (Å²) < 4.78 is 0. The van der Waals surface area contributed by atoms with Crippen LogP contribution in [0.5, 0.6) is 0 Å². The Morgan fingerprint density at radius 3 is 2.31 bits per heavy atom. The molecule has 1 amide bonds. The lowest BCUT2D eigenvalue weighted by Crippen LogP contribution is -2.30. The first-order valence-electron chi connectivity index (χ1n) is 9.00. The topological polar surface area (TPSA) is 69.6 Å².